The first kappa shape index (κ1) is 17.8. The first-order chi connectivity index (χ1) is 11.3. The van der Waals surface area contributed by atoms with E-state index >= 15 is 0 Å². The summed E-state index contributed by atoms with van der Waals surface area (Å²) in [4.78, 5) is 27.6. The lowest BCUT2D eigenvalue weighted by atomic mass is 10.2. The molecular weight excluding hydrogens is 308 g/mol. The van der Waals surface area contributed by atoms with Crippen LogP contribution in [-0.2, 0) is 9.53 Å². The van der Waals surface area contributed by atoms with E-state index in [9.17, 15) is 9.59 Å². The molecule has 1 atom stereocenters. The molecule has 7 nitrogen and oxygen atoms in total. The summed E-state index contributed by atoms with van der Waals surface area (Å²) >= 11 is 0. The zero-order chi connectivity index (χ0) is 17.7. The largest absolute Gasteiger partial charge is 0.444 e. The Hall–Kier alpha value is -2.57. The van der Waals surface area contributed by atoms with Gasteiger partial charge in [-0.05, 0) is 39.8 Å². The van der Waals surface area contributed by atoms with Gasteiger partial charge in [-0.3, -0.25) is 9.78 Å². The highest BCUT2D eigenvalue weighted by Gasteiger charge is 2.16. The van der Waals surface area contributed by atoms with Crippen molar-refractivity contribution in [3.05, 3.63) is 30.7 Å². The van der Waals surface area contributed by atoms with Gasteiger partial charge >= 0.3 is 6.09 Å². The van der Waals surface area contributed by atoms with Crippen LogP contribution in [0, 0.1) is 0 Å². The van der Waals surface area contributed by atoms with E-state index in [0.717, 1.165) is 10.9 Å². The number of amides is 2. The van der Waals surface area contributed by atoms with Crippen molar-refractivity contribution in [3.63, 3.8) is 0 Å². The van der Waals surface area contributed by atoms with Crippen LogP contribution in [0.2, 0.25) is 0 Å². The third-order valence-electron chi connectivity index (χ3n) is 3.33. The summed E-state index contributed by atoms with van der Waals surface area (Å²) in [6.07, 6.45) is 4.86. The fourth-order valence-corrected chi connectivity index (χ4v) is 2.30. The van der Waals surface area contributed by atoms with Crippen LogP contribution in [0.3, 0.4) is 0 Å². The molecule has 0 spiro atoms. The molecule has 2 aromatic heterocycles. The van der Waals surface area contributed by atoms with E-state index in [4.69, 9.17) is 4.74 Å². The number of rotatable bonds is 5. The molecule has 0 bridgehead atoms. The molecule has 2 amide bonds. The Kier molecular flexibility index (Phi) is 5.43. The molecule has 2 heterocycles. The highest BCUT2D eigenvalue weighted by atomic mass is 16.6. The Bertz CT molecular complexity index is 718. The molecule has 2 N–H and O–H groups in total. The van der Waals surface area contributed by atoms with E-state index in [1.165, 1.54) is 0 Å². The zero-order valence-corrected chi connectivity index (χ0v) is 14.5. The van der Waals surface area contributed by atoms with Gasteiger partial charge in [0.1, 0.15) is 11.8 Å². The van der Waals surface area contributed by atoms with Crippen LogP contribution in [0.15, 0.2) is 30.7 Å². The van der Waals surface area contributed by atoms with Crippen molar-refractivity contribution in [3.8, 4) is 0 Å². The molecule has 7 heteroatoms. The number of pyridine rings is 1. The van der Waals surface area contributed by atoms with Gasteiger partial charge in [0.05, 0.1) is 11.7 Å². The predicted molar refractivity (Wildman–Crippen MR) is 91.4 cm³/mol. The number of ether oxygens (including phenoxy) is 1. The highest BCUT2D eigenvalue weighted by Crippen LogP contribution is 2.17. The lowest BCUT2D eigenvalue weighted by Crippen LogP contribution is -2.36. The van der Waals surface area contributed by atoms with Crippen LogP contribution < -0.4 is 10.6 Å². The van der Waals surface area contributed by atoms with Crippen molar-refractivity contribution in [2.24, 2.45) is 0 Å². The Balaban J connectivity index is 1.81. The summed E-state index contributed by atoms with van der Waals surface area (Å²) in [5.41, 5.74) is 0.405. The number of hydrogen-bond donors (Lipinski definition) is 2. The van der Waals surface area contributed by atoms with Crippen molar-refractivity contribution in [2.45, 2.75) is 45.9 Å². The number of nitrogens with one attached hydrogen (secondary N) is 2. The predicted octanol–water partition coefficient (Wildman–Crippen LogP) is 2.59. The Morgan fingerprint density at radius 2 is 2.08 bits per heavy atom. The lowest BCUT2D eigenvalue weighted by Gasteiger charge is -2.20. The average molecular weight is 332 g/mol. The van der Waals surface area contributed by atoms with Crippen molar-refractivity contribution in [2.75, 3.05) is 6.54 Å². The van der Waals surface area contributed by atoms with Crippen LogP contribution in [-0.4, -0.2) is 33.7 Å². The fourth-order valence-electron chi connectivity index (χ4n) is 2.30. The molecular formula is C17H24N4O3. The van der Waals surface area contributed by atoms with Crippen LogP contribution in [0.1, 0.15) is 40.3 Å². The molecule has 2 rings (SSSR count). The minimum absolute atomic E-state index is 0.149. The van der Waals surface area contributed by atoms with Gasteiger partial charge in [-0.1, -0.05) is 0 Å². The number of fused-ring (bicyclic) bond motifs is 1. The van der Waals surface area contributed by atoms with Gasteiger partial charge in [-0.2, -0.15) is 0 Å². The van der Waals surface area contributed by atoms with E-state index in [-0.39, 0.29) is 25.0 Å². The van der Waals surface area contributed by atoms with Gasteiger partial charge in [-0.25, -0.2) is 4.79 Å². The molecule has 0 saturated heterocycles. The standard InChI is InChI=1S/C17H24N4O3/c1-12(21-10-7-13-5-8-18-11-14(13)21)20-15(22)6-9-19-16(23)24-17(2,3)4/h5,7-8,10-12H,6,9H2,1-4H3,(H,19,23)(H,20,22). The van der Waals surface area contributed by atoms with Gasteiger partial charge in [0.2, 0.25) is 5.91 Å². The number of hydrogen-bond acceptors (Lipinski definition) is 4. The third-order valence-corrected chi connectivity index (χ3v) is 3.33. The van der Waals surface area contributed by atoms with Crippen LogP contribution in [0.5, 0.6) is 0 Å². The SMILES string of the molecule is CC(NC(=O)CCNC(=O)OC(C)(C)C)n1ccc2ccncc21. The normalized spacial score (nSPS) is 12.7. The van der Waals surface area contributed by atoms with Crippen LogP contribution in [0.4, 0.5) is 4.79 Å². The summed E-state index contributed by atoms with van der Waals surface area (Å²) in [6.45, 7) is 7.48. The van der Waals surface area contributed by atoms with E-state index < -0.39 is 11.7 Å². The highest BCUT2D eigenvalue weighted by molar-refractivity contribution is 5.80. The second-order valence-corrected chi connectivity index (χ2v) is 6.58. The molecule has 24 heavy (non-hydrogen) atoms. The van der Waals surface area contributed by atoms with Gasteiger partial charge in [0.15, 0.2) is 0 Å². The maximum atomic E-state index is 12.0. The topological polar surface area (TPSA) is 85.3 Å². The molecule has 0 aliphatic heterocycles. The second kappa shape index (κ2) is 7.33. The molecule has 130 valence electrons. The molecule has 2 aromatic rings. The quantitative estimate of drug-likeness (QED) is 0.881. The van der Waals surface area contributed by atoms with E-state index in [1.807, 2.05) is 29.8 Å². The van der Waals surface area contributed by atoms with Crippen LogP contribution in [0.25, 0.3) is 10.9 Å². The number of nitrogens with zero attached hydrogens (tertiary/aromatic N) is 2. The maximum absolute atomic E-state index is 12.0. The summed E-state index contributed by atoms with van der Waals surface area (Å²) in [5, 5.41) is 6.54. The Morgan fingerprint density at radius 1 is 1.33 bits per heavy atom. The maximum Gasteiger partial charge on any atom is 0.407 e. The minimum Gasteiger partial charge on any atom is -0.444 e. The number of carbonyl (C=O) groups excluding carboxylic acids is 2. The molecule has 0 aromatic carbocycles. The minimum atomic E-state index is -0.551. The third kappa shape index (κ3) is 4.97. The van der Waals surface area contributed by atoms with E-state index in [1.54, 1.807) is 33.2 Å². The van der Waals surface area contributed by atoms with Crippen molar-refractivity contribution in [1.82, 2.24) is 20.2 Å². The fraction of sp³-hybridized carbons (Fsp3) is 0.471. The zero-order valence-electron chi connectivity index (χ0n) is 14.5. The smallest absolute Gasteiger partial charge is 0.407 e. The lowest BCUT2D eigenvalue weighted by molar-refractivity contribution is -0.122. The molecule has 0 aliphatic rings. The summed E-state index contributed by atoms with van der Waals surface area (Å²) in [5.74, 6) is -0.149. The van der Waals surface area contributed by atoms with Gasteiger partial charge in [-0.15, -0.1) is 0 Å². The van der Waals surface area contributed by atoms with Crippen molar-refractivity contribution >= 4 is 22.9 Å². The molecule has 0 radical (unpaired) electrons. The Labute approximate surface area is 141 Å². The molecule has 1 unspecified atom stereocenters. The van der Waals surface area contributed by atoms with E-state index in [0.29, 0.717) is 0 Å². The Morgan fingerprint density at radius 3 is 2.79 bits per heavy atom. The molecule has 0 aliphatic carbocycles. The summed E-state index contributed by atoms with van der Waals surface area (Å²) in [7, 11) is 0. The van der Waals surface area contributed by atoms with Gasteiger partial charge in [0, 0.05) is 30.7 Å². The first-order valence-electron chi connectivity index (χ1n) is 7.93. The van der Waals surface area contributed by atoms with Crippen molar-refractivity contribution in [1.29, 1.82) is 0 Å². The number of alkyl carbamates (subject to hydrolysis) is 1. The molecule has 0 saturated carbocycles. The van der Waals surface area contributed by atoms with Crippen molar-refractivity contribution < 1.29 is 14.3 Å². The summed E-state index contributed by atoms with van der Waals surface area (Å²) < 4.78 is 7.06. The van der Waals surface area contributed by atoms with Gasteiger partial charge in [0.25, 0.3) is 0 Å². The monoisotopic (exact) mass is 332 g/mol. The number of carbonyl (C=O) groups is 2. The second-order valence-electron chi connectivity index (χ2n) is 6.58. The molecule has 0 fully saturated rings. The van der Waals surface area contributed by atoms with Crippen LogP contribution >= 0.6 is 0 Å². The van der Waals surface area contributed by atoms with E-state index in [2.05, 4.69) is 15.6 Å². The first-order valence-corrected chi connectivity index (χ1v) is 7.93. The number of aromatic nitrogens is 2. The van der Waals surface area contributed by atoms with Gasteiger partial charge < -0.3 is 19.9 Å². The summed E-state index contributed by atoms with van der Waals surface area (Å²) in [6, 6.07) is 3.90. The average Bonchev–Trinajstić information content (AvgIpc) is 2.89.